The summed E-state index contributed by atoms with van der Waals surface area (Å²) in [6.45, 7) is 2.88. The van der Waals surface area contributed by atoms with Gasteiger partial charge in [-0.2, -0.15) is 0 Å². The molecule has 2 aromatic rings. The molecule has 1 fully saturated rings. The Morgan fingerprint density at radius 2 is 2.25 bits per heavy atom. The zero-order valence-electron chi connectivity index (χ0n) is 13.8. The third-order valence-corrected chi connectivity index (χ3v) is 4.55. The molecule has 0 aliphatic carbocycles. The average molecular weight is 333 g/mol. The first-order valence-electron chi connectivity index (χ1n) is 8.22. The van der Waals surface area contributed by atoms with Gasteiger partial charge in [-0.05, 0) is 37.8 Å². The lowest BCUT2D eigenvalue weighted by molar-refractivity contribution is -0.0248. The third-order valence-electron chi connectivity index (χ3n) is 4.55. The van der Waals surface area contributed by atoms with Crippen molar-refractivity contribution in [1.82, 2.24) is 15.2 Å². The van der Waals surface area contributed by atoms with E-state index in [4.69, 9.17) is 4.42 Å². The van der Waals surface area contributed by atoms with Crippen LogP contribution in [0.3, 0.4) is 0 Å². The van der Waals surface area contributed by atoms with Crippen LogP contribution in [0.2, 0.25) is 0 Å². The van der Waals surface area contributed by atoms with Crippen molar-refractivity contribution in [3.63, 3.8) is 0 Å². The Labute approximate surface area is 140 Å². The third kappa shape index (κ3) is 3.52. The maximum Gasteiger partial charge on any atom is 0.317 e. The molecule has 3 N–H and O–H groups in total. The van der Waals surface area contributed by atoms with Gasteiger partial charge in [0.25, 0.3) is 0 Å². The number of aryl methyl sites for hydroxylation is 1. The number of oxazole rings is 1. The zero-order valence-corrected chi connectivity index (χ0v) is 13.8. The molecule has 1 unspecified atom stereocenters. The van der Waals surface area contributed by atoms with Crippen LogP contribution in [0, 0.1) is 6.92 Å². The largest absolute Gasteiger partial charge is 0.439 e. The predicted octanol–water partition coefficient (Wildman–Crippen LogP) is 1.56. The highest BCUT2D eigenvalue weighted by Gasteiger charge is 2.30. The van der Waals surface area contributed by atoms with E-state index in [1.54, 1.807) is 4.90 Å². The van der Waals surface area contributed by atoms with Crippen LogP contribution >= 0.6 is 0 Å². The Morgan fingerprint density at radius 3 is 3.00 bits per heavy atom. The van der Waals surface area contributed by atoms with Crippen molar-refractivity contribution in [1.29, 1.82) is 0 Å². The minimum atomic E-state index is -1.08. The molecule has 0 saturated carbocycles. The standard InChI is InChI=1S/C17H23N3O4/c1-12-4-2-5-13-15(12)19-14(24-13)10-18-16(22)20-8-3-6-17(23,11-21)7-9-20/h2,4-5,21,23H,3,6-11H2,1H3,(H,18,22). The predicted molar refractivity (Wildman–Crippen MR) is 88.4 cm³/mol. The van der Waals surface area contributed by atoms with Crippen molar-refractivity contribution in [2.24, 2.45) is 0 Å². The lowest BCUT2D eigenvalue weighted by Crippen LogP contribution is -2.41. The fraction of sp³-hybridized carbons (Fsp3) is 0.529. The summed E-state index contributed by atoms with van der Waals surface area (Å²) in [4.78, 5) is 18.4. The van der Waals surface area contributed by atoms with Crippen molar-refractivity contribution < 1.29 is 19.4 Å². The van der Waals surface area contributed by atoms with Gasteiger partial charge in [0.15, 0.2) is 5.58 Å². The Bertz CT molecular complexity index is 730. The van der Waals surface area contributed by atoms with Gasteiger partial charge in [0, 0.05) is 13.1 Å². The number of hydrogen-bond donors (Lipinski definition) is 3. The highest BCUT2D eigenvalue weighted by Crippen LogP contribution is 2.22. The van der Waals surface area contributed by atoms with E-state index >= 15 is 0 Å². The summed E-state index contributed by atoms with van der Waals surface area (Å²) in [6.07, 6.45) is 1.53. The van der Waals surface area contributed by atoms with Gasteiger partial charge in [0.2, 0.25) is 5.89 Å². The number of carbonyl (C=O) groups excluding carboxylic acids is 1. The molecule has 0 radical (unpaired) electrons. The molecular formula is C17H23N3O4. The van der Waals surface area contributed by atoms with Gasteiger partial charge in [0.05, 0.1) is 18.8 Å². The zero-order chi connectivity index (χ0) is 17.2. The topological polar surface area (TPSA) is 98.8 Å². The Hall–Kier alpha value is -2.12. The molecule has 7 nitrogen and oxygen atoms in total. The van der Waals surface area contributed by atoms with E-state index in [1.165, 1.54) is 0 Å². The summed E-state index contributed by atoms with van der Waals surface area (Å²) in [5.74, 6) is 0.467. The summed E-state index contributed by atoms with van der Waals surface area (Å²) < 4.78 is 5.64. The molecule has 1 aromatic carbocycles. The van der Waals surface area contributed by atoms with Crippen molar-refractivity contribution in [2.45, 2.75) is 38.3 Å². The van der Waals surface area contributed by atoms with Crippen LogP contribution in [0.5, 0.6) is 0 Å². The first-order valence-corrected chi connectivity index (χ1v) is 8.22. The smallest absolute Gasteiger partial charge is 0.317 e. The number of hydrogen-bond acceptors (Lipinski definition) is 5. The van der Waals surface area contributed by atoms with Crippen molar-refractivity contribution in [3.8, 4) is 0 Å². The first kappa shape index (κ1) is 16.7. The fourth-order valence-electron chi connectivity index (χ4n) is 3.01. The van der Waals surface area contributed by atoms with Crippen molar-refractivity contribution in [3.05, 3.63) is 29.7 Å². The number of fused-ring (bicyclic) bond motifs is 1. The number of likely N-dealkylation sites (tertiary alicyclic amines) is 1. The molecule has 24 heavy (non-hydrogen) atoms. The van der Waals surface area contributed by atoms with Gasteiger partial charge in [-0.25, -0.2) is 9.78 Å². The van der Waals surface area contributed by atoms with Gasteiger partial charge in [-0.15, -0.1) is 0 Å². The van der Waals surface area contributed by atoms with E-state index < -0.39 is 5.60 Å². The summed E-state index contributed by atoms with van der Waals surface area (Å²) in [6, 6.07) is 5.51. The molecule has 1 aliphatic rings. The molecule has 130 valence electrons. The number of nitrogens with zero attached hydrogens (tertiary/aromatic N) is 2. The maximum atomic E-state index is 12.3. The highest BCUT2D eigenvalue weighted by atomic mass is 16.3. The van der Waals surface area contributed by atoms with Crippen LogP contribution in [0.4, 0.5) is 4.79 Å². The van der Waals surface area contributed by atoms with E-state index in [1.807, 2.05) is 25.1 Å². The Morgan fingerprint density at radius 1 is 1.42 bits per heavy atom. The fourth-order valence-corrected chi connectivity index (χ4v) is 3.01. The lowest BCUT2D eigenvalue weighted by atomic mass is 9.96. The number of aromatic nitrogens is 1. The number of nitrogens with one attached hydrogen (secondary N) is 1. The van der Waals surface area contributed by atoms with Crippen LogP contribution in [0.25, 0.3) is 11.1 Å². The molecule has 1 aliphatic heterocycles. The van der Waals surface area contributed by atoms with Gasteiger partial charge in [-0.1, -0.05) is 12.1 Å². The van der Waals surface area contributed by atoms with Crippen molar-refractivity contribution >= 4 is 17.1 Å². The maximum absolute atomic E-state index is 12.3. The second kappa shape index (κ2) is 6.78. The number of aliphatic hydroxyl groups excluding tert-OH is 1. The molecule has 7 heteroatoms. The molecule has 1 aromatic heterocycles. The normalized spacial score (nSPS) is 21.7. The molecule has 2 amide bonds. The summed E-state index contributed by atoms with van der Waals surface area (Å²) >= 11 is 0. The monoisotopic (exact) mass is 333 g/mol. The van der Waals surface area contributed by atoms with Gasteiger partial charge >= 0.3 is 6.03 Å². The number of para-hydroxylation sites is 1. The Kier molecular flexibility index (Phi) is 4.73. The van der Waals surface area contributed by atoms with E-state index in [9.17, 15) is 15.0 Å². The summed E-state index contributed by atoms with van der Waals surface area (Å²) in [5.41, 5.74) is 1.48. The highest BCUT2D eigenvalue weighted by molar-refractivity contribution is 5.76. The molecule has 1 atom stereocenters. The molecule has 0 bridgehead atoms. The minimum Gasteiger partial charge on any atom is -0.439 e. The molecule has 3 rings (SSSR count). The molecular weight excluding hydrogens is 310 g/mol. The van der Waals surface area contributed by atoms with Crippen molar-refractivity contribution in [2.75, 3.05) is 19.7 Å². The molecule has 0 spiro atoms. The van der Waals surface area contributed by atoms with Crippen LogP contribution in [0.15, 0.2) is 22.6 Å². The van der Waals surface area contributed by atoms with Gasteiger partial charge in [0.1, 0.15) is 5.52 Å². The lowest BCUT2D eigenvalue weighted by Gasteiger charge is -2.24. The number of urea groups is 1. The van der Waals surface area contributed by atoms with E-state index in [0.29, 0.717) is 43.8 Å². The average Bonchev–Trinajstić information content (AvgIpc) is 2.90. The molecule has 1 saturated heterocycles. The second-order valence-corrected chi connectivity index (χ2v) is 6.41. The second-order valence-electron chi connectivity index (χ2n) is 6.41. The summed E-state index contributed by atoms with van der Waals surface area (Å²) in [5, 5.41) is 22.2. The van der Waals surface area contributed by atoms with E-state index in [0.717, 1.165) is 11.1 Å². The van der Waals surface area contributed by atoms with Gasteiger partial charge in [-0.3, -0.25) is 0 Å². The van der Waals surface area contributed by atoms with E-state index in [2.05, 4.69) is 10.3 Å². The van der Waals surface area contributed by atoms with Gasteiger partial charge < -0.3 is 24.8 Å². The number of benzene rings is 1. The van der Waals surface area contributed by atoms with Crippen LogP contribution in [0.1, 0.15) is 30.7 Å². The number of rotatable bonds is 3. The number of carbonyl (C=O) groups is 1. The number of amides is 2. The summed E-state index contributed by atoms with van der Waals surface area (Å²) in [7, 11) is 0. The Balaban J connectivity index is 1.59. The van der Waals surface area contributed by atoms with Crippen LogP contribution in [-0.2, 0) is 6.54 Å². The number of aliphatic hydroxyl groups is 2. The first-order chi connectivity index (χ1) is 11.5. The molecule has 2 heterocycles. The van der Waals surface area contributed by atoms with E-state index in [-0.39, 0.29) is 19.2 Å². The minimum absolute atomic E-state index is 0.212. The quantitative estimate of drug-likeness (QED) is 0.791. The SMILES string of the molecule is Cc1cccc2oc(CNC(=O)N3CCCC(O)(CO)CC3)nc12. The van der Waals surface area contributed by atoms with Crippen LogP contribution in [-0.4, -0.2) is 51.4 Å². The van der Waals surface area contributed by atoms with Crippen LogP contribution < -0.4 is 5.32 Å².